The third-order valence-corrected chi connectivity index (χ3v) is 8.67. The normalized spacial score (nSPS) is 12.4. The fraction of sp³-hybridized carbons (Fsp3) is 0.355. The molecule has 1 N–H and O–H groups in total. The molecule has 220 valence electrons. The summed E-state index contributed by atoms with van der Waals surface area (Å²) in [6.07, 6.45) is 0.319. The van der Waals surface area contributed by atoms with Gasteiger partial charge < -0.3 is 15.0 Å². The van der Waals surface area contributed by atoms with Crippen molar-refractivity contribution in [2.24, 2.45) is 0 Å². The lowest BCUT2D eigenvalue weighted by atomic mass is 10.1. The van der Waals surface area contributed by atoms with Crippen LogP contribution in [0, 0.1) is 6.92 Å². The molecule has 3 aromatic carbocycles. The molecule has 0 unspecified atom stereocenters. The van der Waals surface area contributed by atoms with Gasteiger partial charge in [0.2, 0.25) is 11.8 Å². The Morgan fingerprint density at radius 3 is 2.27 bits per heavy atom. The number of hydrogen-bond acceptors (Lipinski definition) is 5. The van der Waals surface area contributed by atoms with Crippen molar-refractivity contribution in [2.45, 2.75) is 64.1 Å². The fourth-order valence-corrected chi connectivity index (χ4v) is 6.10. The van der Waals surface area contributed by atoms with Crippen LogP contribution in [0.1, 0.15) is 45.2 Å². The van der Waals surface area contributed by atoms with Crippen molar-refractivity contribution in [3.63, 3.8) is 0 Å². The van der Waals surface area contributed by atoms with E-state index < -0.39 is 34.1 Å². The van der Waals surface area contributed by atoms with E-state index in [1.807, 2.05) is 33.8 Å². The number of anilines is 1. The van der Waals surface area contributed by atoms with Crippen LogP contribution in [0.2, 0.25) is 5.02 Å². The predicted octanol–water partition coefficient (Wildman–Crippen LogP) is 5.57. The number of nitrogens with zero attached hydrogens (tertiary/aromatic N) is 2. The molecule has 0 radical (unpaired) electrons. The molecule has 8 nitrogen and oxygen atoms in total. The second-order valence-electron chi connectivity index (χ2n) is 10.7. The van der Waals surface area contributed by atoms with E-state index in [0.717, 1.165) is 9.87 Å². The summed E-state index contributed by atoms with van der Waals surface area (Å²) in [4.78, 5) is 29.1. The molecule has 2 amide bonds. The highest BCUT2D eigenvalue weighted by Crippen LogP contribution is 2.31. The molecular weight excluding hydrogens is 562 g/mol. The molecule has 41 heavy (non-hydrogen) atoms. The molecule has 1 atom stereocenters. The molecule has 0 saturated carbocycles. The van der Waals surface area contributed by atoms with E-state index in [9.17, 15) is 18.0 Å². The first-order valence-corrected chi connectivity index (χ1v) is 15.2. The van der Waals surface area contributed by atoms with Crippen molar-refractivity contribution in [3.05, 3.63) is 88.9 Å². The summed E-state index contributed by atoms with van der Waals surface area (Å²) in [5.74, 6) is -0.264. The molecule has 0 bridgehead atoms. The van der Waals surface area contributed by atoms with Crippen molar-refractivity contribution < 1.29 is 22.7 Å². The Morgan fingerprint density at radius 1 is 1.00 bits per heavy atom. The summed E-state index contributed by atoms with van der Waals surface area (Å²) in [5, 5.41) is 3.33. The van der Waals surface area contributed by atoms with Gasteiger partial charge in [-0.25, -0.2) is 8.42 Å². The minimum absolute atomic E-state index is 0.0315. The van der Waals surface area contributed by atoms with E-state index in [1.54, 1.807) is 68.6 Å². The van der Waals surface area contributed by atoms with Crippen molar-refractivity contribution in [3.8, 4) is 5.75 Å². The van der Waals surface area contributed by atoms with Crippen LogP contribution < -0.4 is 14.4 Å². The molecular formula is C31H38ClN3O5S. The lowest BCUT2D eigenvalue weighted by molar-refractivity contribution is -0.141. The number of carbonyl (C=O) groups excluding carboxylic acids is 2. The van der Waals surface area contributed by atoms with Crippen molar-refractivity contribution in [1.82, 2.24) is 10.2 Å². The van der Waals surface area contributed by atoms with Crippen LogP contribution in [0.4, 0.5) is 5.69 Å². The molecule has 0 saturated heterocycles. The predicted molar refractivity (Wildman–Crippen MR) is 163 cm³/mol. The largest absolute Gasteiger partial charge is 0.497 e. The quantitative estimate of drug-likeness (QED) is 0.311. The molecule has 0 spiro atoms. The highest BCUT2D eigenvalue weighted by Gasteiger charge is 2.35. The van der Waals surface area contributed by atoms with E-state index in [0.29, 0.717) is 22.8 Å². The molecule has 0 heterocycles. The van der Waals surface area contributed by atoms with E-state index in [1.165, 1.54) is 17.0 Å². The van der Waals surface area contributed by atoms with Crippen molar-refractivity contribution in [1.29, 1.82) is 0 Å². The first kappa shape index (κ1) is 32.0. The number of amides is 2. The highest BCUT2D eigenvalue weighted by atomic mass is 35.5. The molecule has 0 fully saturated rings. The van der Waals surface area contributed by atoms with Crippen LogP contribution in [-0.4, -0.2) is 50.4 Å². The first-order chi connectivity index (χ1) is 19.3. The third kappa shape index (κ3) is 8.01. The van der Waals surface area contributed by atoms with E-state index in [2.05, 4.69) is 5.32 Å². The Hall–Kier alpha value is -3.56. The number of ether oxygens (including phenoxy) is 1. The number of rotatable bonds is 11. The summed E-state index contributed by atoms with van der Waals surface area (Å²) in [6, 6.07) is 19.2. The molecule has 0 aliphatic rings. The summed E-state index contributed by atoms with van der Waals surface area (Å²) in [6.45, 7) is 8.64. The van der Waals surface area contributed by atoms with E-state index in [4.69, 9.17) is 16.3 Å². The van der Waals surface area contributed by atoms with Crippen molar-refractivity contribution >= 4 is 39.1 Å². The maximum atomic E-state index is 14.2. The third-order valence-electron chi connectivity index (χ3n) is 6.49. The summed E-state index contributed by atoms with van der Waals surface area (Å²) in [7, 11) is -2.63. The number of hydrogen-bond donors (Lipinski definition) is 1. The Kier molecular flexibility index (Phi) is 10.4. The van der Waals surface area contributed by atoms with Gasteiger partial charge in [0, 0.05) is 17.1 Å². The smallest absolute Gasteiger partial charge is 0.264 e. The van der Waals surface area contributed by atoms with E-state index in [-0.39, 0.29) is 23.0 Å². The Bertz CT molecular complexity index is 1470. The van der Waals surface area contributed by atoms with Gasteiger partial charge in [-0.1, -0.05) is 54.9 Å². The number of carbonyl (C=O) groups is 2. The Morgan fingerprint density at radius 2 is 1.66 bits per heavy atom. The summed E-state index contributed by atoms with van der Waals surface area (Å²) >= 11 is 6.38. The van der Waals surface area contributed by atoms with Gasteiger partial charge in [-0.15, -0.1) is 0 Å². The van der Waals surface area contributed by atoms with Crippen LogP contribution in [0.15, 0.2) is 77.7 Å². The monoisotopic (exact) mass is 599 g/mol. The zero-order chi connectivity index (χ0) is 30.4. The van der Waals surface area contributed by atoms with Gasteiger partial charge in [0.1, 0.15) is 18.3 Å². The SMILES string of the molecule is CC[C@@H](C(=O)NC(C)(C)C)N(Cc1cccc(OC)c1)C(=O)CN(c1cccc(Cl)c1C)S(=O)(=O)c1ccccc1. The average Bonchev–Trinajstić information content (AvgIpc) is 2.92. The molecule has 0 aromatic heterocycles. The number of nitrogens with one attached hydrogen (secondary N) is 1. The zero-order valence-electron chi connectivity index (χ0n) is 24.3. The van der Waals surface area contributed by atoms with Crippen molar-refractivity contribution in [2.75, 3.05) is 18.0 Å². The van der Waals surface area contributed by atoms with E-state index >= 15 is 0 Å². The highest BCUT2D eigenvalue weighted by molar-refractivity contribution is 7.92. The van der Waals surface area contributed by atoms with Crippen LogP contribution >= 0.6 is 11.6 Å². The lowest BCUT2D eigenvalue weighted by Crippen LogP contribution is -2.55. The van der Waals surface area contributed by atoms with Gasteiger partial charge in [-0.2, -0.15) is 0 Å². The number of halogens is 1. The summed E-state index contributed by atoms with van der Waals surface area (Å²) < 4.78 is 34.4. The number of methoxy groups -OCH3 is 1. The van der Waals surface area contributed by atoms with Crippen LogP contribution in [0.25, 0.3) is 0 Å². The molecule has 0 aliphatic heterocycles. The van der Waals surface area contributed by atoms with Gasteiger partial charge in [-0.3, -0.25) is 13.9 Å². The van der Waals surface area contributed by atoms with Crippen LogP contribution in [-0.2, 0) is 26.2 Å². The average molecular weight is 600 g/mol. The Balaban J connectivity index is 2.11. The van der Waals surface area contributed by atoms with Gasteiger partial charge in [0.15, 0.2) is 0 Å². The number of sulfonamides is 1. The first-order valence-electron chi connectivity index (χ1n) is 13.4. The van der Waals surface area contributed by atoms with Crippen LogP contribution in [0.3, 0.4) is 0 Å². The maximum absolute atomic E-state index is 14.2. The van der Waals surface area contributed by atoms with Gasteiger partial charge in [0.25, 0.3) is 10.0 Å². The number of benzene rings is 3. The minimum atomic E-state index is -4.18. The molecule has 10 heteroatoms. The molecule has 0 aliphatic carbocycles. The lowest BCUT2D eigenvalue weighted by Gasteiger charge is -2.35. The molecule has 3 rings (SSSR count). The zero-order valence-corrected chi connectivity index (χ0v) is 25.9. The van der Waals surface area contributed by atoms with Gasteiger partial charge in [-0.05, 0) is 81.6 Å². The van der Waals surface area contributed by atoms with Gasteiger partial charge in [0.05, 0.1) is 17.7 Å². The standard InChI is InChI=1S/C31H38ClN3O5S/c1-7-27(30(37)33-31(3,4)5)34(20-23-13-11-14-24(19-23)40-6)29(36)21-35(28-18-12-17-26(32)22(28)2)41(38,39)25-15-9-8-10-16-25/h8-19,27H,7,20-21H2,1-6H3,(H,33,37)/t27-/m0/s1. The topological polar surface area (TPSA) is 96.0 Å². The minimum Gasteiger partial charge on any atom is -0.497 e. The maximum Gasteiger partial charge on any atom is 0.264 e. The second-order valence-corrected chi connectivity index (χ2v) is 13.0. The van der Waals surface area contributed by atoms with Crippen LogP contribution in [0.5, 0.6) is 5.75 Å². The second kappa shape index (κ2) is 13.4. The van der Waals surface area contributed by atoms with Gasteiger partial charge >= 0.3 is 0 Å². The summed E-state index contributed by atoms with van der Waals surface area (Å²) in [5.41, 5.74) is 0.994. The molecule has 3 aromatic rings. The fourth-order valence-electron chi connectivity index (χ4n) is 4.44. The Labute approximate surface area is 248 Å².